The Bertz CT molecular complexity index is 2110. The fraction of sp³-hybridized carbons (Fsp3) is 0.316. The zero-order valence-corrected chi connectivity index (χ0v) is 29.2. The number of carbonyl (C=O) groups excluding carboxylic acids is 1. The maximum atomic E-state index is 13.3. The molecule has 12 heteroatoms. The van der Waals surface area contributed by atoms with E-state index >= 15 is 0 Å². The summed E-state index contributed by atoms with van der Waals surface area (Å²) < 4.78 is 7.21. The second kappa shape index (κ2) is 14.9. The third-order valence-corrected chi connectivity index (χ3v) is 10.3. The summed E-state index contributed by atoms with van der Waals surface area (Å²) in [4.78, 5) is 36.5. The highest BCUT2D eigenvalue weighted by atomic mass is 35.5. The van der Waals surface area contributed by atoms with Crippen molar-refractivity contribution >= 4 is 34.8 Å². The molecule has 50 heavy (non-hydrogen) atoms. The van der Waals surface area contributed by atoms with Crippen LogP contribution >= 0.6 is 23.2 Å². The molecule has 0 aliphatic carbocycles. The average Bonchev–Trinajstić information content (AvgIpc) is 3.55. The molecule has 10 nitrogen and oxygen atoms in total. The largest absolute Gasteiger partial charge is 0.481 e. The van der Waals surface area contributed by atoms with E-state index in [0.717, 1.165) is 52.9 Å². The van der Waals surface area contributed by atoms with Gasteiger partial charge >= 0.3 is 0 Å². The van der Waals surface area contributed by atoms with Gasteiger partial charge < -0.3 is 20.5 Å². The quantitative estimate of drug-likeness (QED) is 0.168. The Morgan fingerprint density at radius 2 is 1.66 bits per heavy atom. The fourth-order valence-corrected chi connectivity index (χ4v) is 7.41. The number of methoxy groups -OCH3 is 1. The summed E-state index contributed by atoms with van der Waals surface area (Å²) in [7, 11) is 1.59. The Morgan fingerprint density at radius 3 is 2.38 bits per heavy atom. The number of likely N-dealkylation sites (tertiary alicyclic amines) is 1. The maximum Gasteiger partial charge on any atom is 0.262 e. The number of piperidine rings is 1. The molecule has 2 aliphatic heterocycles. The number of rotatable bonds is 10. The molecular weight excluding hydrogens is 675 g/mol. The van der Waals surface area contributed by atoms with Gasteiger partial charge in [-0.05, 0) is 43.0 Å². The highest BCUT2D eigenvalue weighted by Crippen LogP contribution is 2.42. The molecule has 2 saturated heterocycles. The molecule has 0 radical (unpaired) electrons. The maximum absolute atomic E-state index is 13.3. The molecule has 2 fully saturated rings. The van der Waals surface area contributed by atoms with Crippen molar-refractivity contribution in [3.63, 3.8) is 0 Å². The zero-order chi connectivity index (χ0) is 34.8. The topological polar surface area (TPSA) is 121 Å². The molecule has 5 heterocycles. The molecule has 0 bridgehead atoms. The van der Waals surface area contributed by atoms with Gasteiger partial charge in [0.15, 0.2) is 0 Å². The molecular formula is C38H38Cl2N6O4. The van der Waals surface area contributed by atoms with Crippen LogP contribution in [-0.2, 0) is 17.9 Å². The lowest BCUT2D eigenvalue weighted by Crippen LogP contribution is -2.37. The predicted molar refractivity (Wildman–Crippen MR) is 196 cm³/mol. The van der Waals surface area contributed by atoms with E-state index in [1.54, 1.807) is 23.9 Å². The molecule has 258 valence electrons. The molecule has 3 aromatic heterocycles. The summed E-state index contributed by atoms with van der Waals surface area (Å²) in [6, 6.07) is 19.3. The first-order valence-corrected chi connectivity index (χ1v) is 17.6. The summed E-state index contributed by atoms with van der Waals surface area (Å²) >= 11 is 14.2. The molecule has 0 saturated carbocycles. The van der Waals surface area contributed by atoms with Crippen molar-refractivity contribution in [1.29, 1.82) is 0 Å². The van der Waals surface area contributed by atoms with Crippen LogP contribution in [0.1, 0.15) is 36.8 Å². The molecule has 0 unspecified atom stereocenters. The van der Waals surface area contributed by atoms with E-state index in [9.17, 15) is 14.7 Å². The van der Waals surface area contributed by atoms with Gasteiger partial charge in [0, 0.05) is 85.4 Å². The number of hydrogen-bond acceptors (Lipinski definition) is 8. The number of aliphatic hydroxyl groups is 1. The number of aliphatic hydroxyl groups excluding tert-OH is 1. The number of hydrogen-bond donors (Lipinski definition) is 3. The second-order valence-corrected chi connectivity index (χ2v) is 13.6. The van der Waals surface area contributed by atoms with Gasteiger partial charge in [0.1, 0.15) is 5.65 Å². The summed E-state index contributed by atoms with van der Waals surface area (Å²) in [5, 5.41) is 17.2. The standard InChI is InChI=1S/C38H38Cl2N6O4/c1-50-37-24(19-41-21-26-9-11-34(48)43-26)8-10-32(44-37)31-7-3-6-30(36(31)40)29-5-2-4-28(35(29)39)23-12-17-46-33(18-23)42-20-25(38(46)49)22-45-15-13-27(47)14-16-45/h2-8,10,12,17-18,20,26-27,41,47H,9,11,13-16,19,21-22H2,1H3,(H,43,48)/t26-/m0/s1. The average molecular weight is 714 g/mol. The van der Waals surface area contributed by atoms with E-state index in [1.165, 1.54) is 0 Å². The molecule has 5 aromatic rings. The van der Waals surface area contributed by atoms with Crippen molar-refractivity contribution in [2.45, 2.75) is 50.9 Å². The van der Waals surface area contributed by atoms with Crippen LogP contribution in [0.15, 0.2) is 77.9 Å². The lowest BCUT2D eigenvalue weighted by molar-refractivity contribution is -0.119. The van der Waals surface area contributed by atoms with Crippen LogP contribution < -0.4 is 20.9 Å². The molecule has 7 rings (SSSR count). The Labute approximate surface area is 300 Å². The first-order valence-electron chi connectivity index (χ1n) is 16.8. The van der Waals surface area contributed by atoms with Crippen molar-refractivity contribution in [3.8, 4) is 39.4 Å². The molecule has 1 atom stereocenters. The van der Waals surface area contributed by atoms with Gasteiger partial charge in [-0.3, -0.25) is 18.9 Å². The number of carbonyl (C=O) groups is 1. The minimum absolute atomic E-state index is 0.0950. The summed E-state index contributed by atoms with van der Waals surface area (Å²) in [5.74, 6) is 0.590. The van der Waals surface area contributed by atoms with Crippen molar-refractivity contribution in [3.05, 3.63) is 105 Å². The first kappa shape index (κ1) is 34.1. The van der Waals surface area contributed by atoms with Crippen LogP contribution in [0.25, 0.3) is 39.2 Å². The number of aromatic nitrogens is 3. The second-order valence-electron chi connectivity index (χ2n) is 12.9. The Morgan fingerprint density at radius 1 is 0.940 bits per heavy atom. The number of nitrogens with zero attached hydrogens (tertiary/aromatic N) is 4. The number of fused-ring (bicyclic) bond motifs is 1. The lowest BCUT2D eigenvalue weighted by Gasteiger charge is -2.29. The molecule has 0 spiro atoms. The highest BCUT2D eigenvalue weighted by Gasteiger charge is 2.22. The molecule has 2 aromatic carbocycles. The van der Waals surface area contributed by atoms with Gasteiger partial charge in [0.05, 0.1) is 34.5 Å². The van der Waals surface area contributed by atoms with Gasteiger partial charge in [-0.1, -0.05) is 65.7 Å². The third-order valence-electron chi connectivity index (χ3n) is 9.53. The van der Waals surface area contributed by atoms with Crippen LogP contribution in [0.3, 0.4) is 0 Å². The van der Waals surface area contributed by atoms with Crippen molar-refractivity contribution < 1.29 is 14.6 Å². The van der Waals surface area contributed by atoms with E-state index in [1.807, 2.05) is 60.7 Å². The predicted octanol–water partition coefficient (Wildman–Crippen LogP) is 5.73. The number of halogens is 2. The SMILES string of the molecule is COc1nc(-c2cccc(-c3cccc(-c4ccn5c(=O)c(CN6CCC(O)CC6)cnc5c4)c3Cl)c2Cl)ccc1CNC[C@@H]1CCC(=O)N1. The van der Waals surface area contributed by atoms with E-state index in [-0.39, 0.29) is 23.6 Å². The normalized spacial score (nSPS) is 17.0. The number of ether oxygens (including phenoxy) is 1. The van der Waals surface area contributed by atoms with E-state index in [2.05, 4.69) is 20.5 Å². The zero-order valence-electron chi connectivity index (χ0n) is 27.7. The molecule has 1 amide bonds. The van der Waals surface area contributed by atoms with Gasteiger partial charge in [-0.15, -0.1) is 0 Å². The van der Waals surface area contributed by atoms with Crippen LogP contribution in [0.2, 0.25) is 10.0 Å². The van der Waals surface area contributed by atoms with Crippen LogP contribution in [0.5, 0.6) is 5.88 Å². The number of benzene rings is 2. The number of nitrogens with one attached hydrogen (secondary N) is 2. The minimum Gasteiger partial charge on any atom is -0.481 e. The minimum atomic E-state index is -0.266. The van der Waals surface area contributed by atoms with Gasteiger partial charge in [-0.2, -0.15) is 0 Å². The highest BCUT2D eigenvalue weighted by molar-refractivity contribution is 6.39. The van der Waals surface area contributed by atoms with Gasteiger partial charge in [-0.25, -0.2) is 9.97 Å². The van der Waals surface area contributed by atoms with Crippen LogP contribution in [-0.4, -0.2) is 69.2 Å². The van der Waals surface area contributed by atoms with Crippen LogP contribution in [0, 0.1) is 0 Å². The van der Waals surface area contributed by atoms with E-state index < -0.39 is 0 Å². The third kappa shape index (κ3) is 7.12. The summed E-state index contributed by atoms with van der Waals surface area (Å²) in [6.45, 7) is 3.23. The van der Waals surface area contributed by atoms with Gasteiger partial charge in [0.25, 0.3) is 5.56 Å². The summed E-state index contributed by atoms with van der Waals surface area (Å²) in [6.07, 6.45) is 5.95. The molecule has 3 N–H and O–H groups in total. The van der Waals surface area contributed by atoms with Crippen molar-refractivity contribution in [2.75, 3.05) is 26.7 Å². The monoisotopic (exact) mass is 712 g/mol. The Balaban J connectivity index is 1.13. The van der Waals surface area contributed by atoms with Crippen molar-refractivity contribution in [2.24, 2.45) is 0 Å². The summed E-state index contributed by atoms with van der Waals surface area (Å²) in [5.41, 5.74) is 6.46. The smallest absolute Gasteiger partial charge is 0.262 e. The number of amides is 1. The van der Waals surface area contributed by atoms with Crippen LogP contribution in [0.4, 0.5) is 0 Å². The Hall–Kier alpha value is -4.32. The fourth-order valence-electron chi connectivity index (χ4n) is 6.75. The van der Waals surface area contributed by atoms with E-state index in [4.69, 9.17) is 32.9 Å². The van der Waals surface area contributed by atoms with Crippen molar-refractivity contribution in [1.82, 2.24) is 29.9 Å². The molecule has 2 aliphatic rings. The number of pyridine rings is 2. The first-order chi connectivity index (χ1) is 24.3. The van der Waals surface area contributed by atoms with E-state index in [0.29, 0.717) is 71.7 Å². The lowest BCUT2D eigenvalue weighted by atomic mass is 9.97. The Kier molecular flexibility index (Phi) is 10.2. The van der Waals surface area contributed by atoms with Gasteiger partial charge in [0.2, 0.25) is 11.8 Å².